The number of benzene rings is 2. The molecule has 2 aromatic rings. The maximum Gasteiger partial charge on any atom is 0.129 e. The van der Waals surface area contributed by atoms with Crippen molar-refractivity contribution in [2.24, 2.45) is 5.84 Å². The molecule has 1 atom stereocenters. The van der Waals surface area contributed by atoms with Crippen molar-refractivity contribution in [1.82, 2.24) is 5.43 Å². The van der Waals surface area contributed by atoms with Crippen LogP contribution in [0, 0.1) is 17.5 Å². The summed E-state index contributed by atoms with van der Waals surface area (Å²) in [6.07, 6.45) is 0.420. The van der Waals surface area contributed by atoms with Gasteiger partial charge in [-0.15, -0.1) is 0 Å². The first-order valence-electron chi connectivity index (χ1n) is 6.33. The second-order valence-corrected chi connectivity index (χ2v) is 5.67. The normalized spacial score (nSPS) is 12.4. The smallest absolute Gasteiger partial charge is 0.129 e. The van der Waals surface area contributed by atoms with Gasteiger partial charge in [0.1, 0.15) is 17.5 Å². The Labute approximate surface area is 129 Å². The first-order valence-corrected chi connectivity index (χ1v) is 7.13. The molecule has 0 aliphatic rings. The van der Waals surface area contributed by atoms with E-state index in [4.69, 9.17) is 5.84 Å². The van der Waals surface area contributed by atoms with E-state index in [0.29, 0.717) is 16.5 Å². The van der Waals surface area contributed by atoms with E-state index in [1.54, 1.807) is 6.07 Å². The molecule has 1 unspecified atom stereocenters. The van der Waals surface area contributed by atoms with Crippen LogP contribution >= 0.6 is 15.9 Å². The van der Waals surface area contributed by atoms with Crippen LogP contribution in [0.1, 0.15) is 11.1 Å². The highest BCUT2D eigenvalue weighted by atomic mass is 79.9. The Morgan fingerprint density at radius 1 is 1.05 bits per heavy atom. The number of hydrazine groups is 1. The van der Waals surface area contributed by atoms with Crippen LogP contribution in [0.4, 0.5) is 13.2 Å². The summed E-state index contributed by atoms with van der Waals surface area (Å²) in [5, 5.41) is 0. The summed E-state index contributed by atoms with van der Waals surface area (Å²) < 4.78 is 41.2. The summed E-state index contributed by atoms with van der Waals surface area (Å²) in [6, 6.07) is 7.74. The van der Waals surface area contributed by atoms with Crippen molar-refractivity contribution in [1.29, 1.82) is 0 Å². The van der Waals surface area contributed by atoms with Gasteiger partial charge in [-0.3, -0.25) is 11.3 Å². The van der Waals surface area contributed by atoms with Crippen molar-refractivity contribution < 1.29 is 13.2 Å². The Morgan fingerprint density at radius 2 is 1.71 bits per heavy atom. The first-order chi connectivity index (χ1) is 9.99. The van der Waals surface area contributed by atoms with Gasteiger partial charge in [-0.2, -0.15) is 0 Å². The first kappa shape index (κ1) is 16.0. The molecule has 0 radical (unpaired) electrons. The highest BCUT2D eigenvalue weighted by molar-refractivity contribution is 9.10. The van der Waals surface area contributed by atoms with E-state index >= 15 is 0 Å². The molecule has 0 fully saturated rings. The van der Waals surface area contributed by atoms with Crippen LogP contribution < -0.4 is 11.3 Å². The third-order valence-corrected chi connectivity index (χ3v) is 3.61. The van der Waals surface area contributed by atoms with Crippen molar-refractivity contribution in [2.75, 3.05) is 0 Å². The molecule has 0 aliphatic carbocycles. The van der Waals surface area contributed by atoms with Crippen molar-refractivity contribution >= 4 is 15.9 Å². The fraction of sp³-hybridized carbons (Fsp3) is 0.200. The van der Waals surface area contributed by atoms with Gasteiger partial charge in [0.2, 0.25) is 0 Å². The van der Waals surface area contributed by atoms with Crippen molar-refractivity contribution in [3.63, 3.8) is 0 Å². The Morgan fingerprint density at radius 3 is 2.29 bits per heavy atom. The third-order valence-electron chi connectivity index (χ3n) is 3.15. The molecule has 0 spiro atoms. The van der Waals surface area contributed by atoms with Crippen molar-refractivity contribution in [2.45, 2.75) is 18.9 Å². The molecule has 2 rings (SSSR count). The van der Waals surface area contributed by atoms with Gasteiger partial charge in [0.25, 0.3) is 0 Å². The second kappa shape index (κ2) is 7.06. The summed E-state index contributed by atoms with van der Waals surface area (Å²) in [4.78, 5) is 0. The van der Waals surface area contributed by atoms with Crippen molar-refractivity contribution in [3.8, 4) is 0 Å². The molecule has 21 heavy (non-hydrogen) atoms. The van der Waals surface area contributed by atoms with E-state index in [2.05, 4.69) is 21.4 Å². The zero-order chi connectivity index (χ0) is 15.4. The summed E-state index contributed by atoms with van der Waals surface area (Å²) in [6.45, 7) is 0. The lowest BCUT2D eigenvalue weighted by Crippen LogP contribution is -2.38. The third kappa shape index (κ3) is 4.30. The van der Waals surface area contributed by atoms with Gasteiger partial charge in [0.15, 0.2) is 0 Å². The lowest BCUT2D eigenvalue weighted by atomic mass is 9.98. The monoisotopic (exact) mass is 358 g/mol. The topological polar surface area (TPSA) is 38.0 Å². The van der Waals surface area contributed by atoms with E-state index in [0.717, 1.165) is 0 Å². The molecule has 0 aromatic heterocycles. The van der Waals surface area contributed by atoms with E-state index in [-0.39, 0.29) is 17.8 Å². The average Bonchev–Trinajstić information content (AvgIpc) is 2.40. The predicted octanol–water partition coefficient (Wildman–Crippen LogP) is 3.48. The molecule has 0 amide bonds. The Balaban J connectivity index is 2.17. The number of halogens is 4. The van der Waals surface area contributed by atoms with Gasteiger partial charge in [0, 0.05) is 16.1 Å². The SMILES string of the molecule is NNC(Cc1cc(F)cc(Br)c1)Cc1c(F)cccc1F. The standard InChI is InChI=1S/C15H14BrF3N2/c16-10-4-9(5-11(17)7-10)6-12(21-20)8-13-14(18)2-1-3-15(13)19/h1-5,7,12,21H,6,8,20H2. The number of hydrogen-bond donors (Lipinski definition) is 2. The van der Waals surface area contributed by atoms with Crippen LogP contribution in [-0.2, 0) is 12.8 Å². The van der Waals surface area contributed by atoms with E-state index in [1.165, 1.54) is 30.3 Å². The molecule has 0 heterocycles. The maximum atomic E-state index is 13.6. The largest absolute Gasteiger partial charge is 0.271 e. The van der Waals surface area contributed by atoms with Gasteiger partial charge < -0.3 is 0 Å². The van der Waals surface area contributed by atoms with E-state index in [1.807, 2.05) is 0 Å². The molecule has 0 saturated carbocycles. The summed E-state index contributed by atoms with van der Waals surface area (Å²) in [7, 11) is 0. The maximum absolute atomic E-state index is 13.6. The molecular weight excluding hydrogens is 345 g/mol. The van der Waals surface area contributed by atoms with Gasteiger partial charge in [0.05, 0.1) is 0 Å². The summed E-state index contributed by atoms with van der Waals surface area (Å²) in [5.74, 6) is 3.83. The average molecular weight is 359 g/mol. The van der Waals surface area contributed by atoms with Crippen LogP contribution in [0.2, 0.25) is 0 Å². The lowest BCUT2D eigenvalue weighted by molar-refractivity contribution is 0.483. The zero-order valence-electron chi connectivity index (χ0n) is 11.0. The molecule has 0 saturated heterocycles. The minimum Gasteiger partial charge on any atom is -0.271 e. The molecule has 0 aliphatic heterocycles. The van der Waals surface area contributed by atoms with E-state index in [9.17, 15) is 13.2 Å². The summed E-state index contributed by atoms with van der Waals surface area (Å²) in [5.41, 5.74) is 3.17. The molecule has 2 nitrogen and oxygen atoms in total. The van der Waals surface area contributed by atoms with Crippen LogP contribution in [0.3, 0.4) is 0 Å². The molecule has 112 valence electrons. The fourth-order valence-electron chi connectivity index (χ4n) is 2.18. The Kier molecular flexibility index (Phi) is 5.39. The second-order valence-electron chi connectivity index (χ2n) is 4.75. The molecule has 3 N–H and O–H groups in total. The van der Waals surface area contributed by atoms with Gasteiger partial charge in [-0.25, -0.2) is 13.2 Å². The van der Waals surface area contributed by atoms with E-state index < -0.39 is 17.7 Å². The molecule has 0 bridgehead atoms. The van der Waals surface area contributed by atoms with Crippen LogP contribution in [-0.4, -0.2) is 6.04 Å². The molecule has 6 heteroatoms. The minimum absolute atomic E-state index is 0.0316. The van der Waals surface area contributed by atoms with Gasteiger partial charge in [-0.05, 0) is 48.7 Å². The highest BCUT2D eigenvalue weighted by Gasteiger charge is 2.16. The summed E-state index contributed by atoms with van der Waals surface area (Å²) >= 11 is 3.20. The van der Waals surface area contributed by atoms with Gasteiger partial charge in [-0.1, -0.05) is 22.0 Å². The lowest BCUT2D eigenvalue weighted by Gasteiger charge is -2.17. The number of hydrogen-bond acceptors (Lipinski definition) is 2. The number of rotatable bonds is 5. The Bertz CT molecular complexity index is 594. The van der Waals surface area contributed by atoms with Crippen molar-refractivity contribution in [3.05, 3.63) is 69.4 Å². The van der Waals surface area contributed by atoms with Gasteiger partial charge >= 0.3 is 0 Å². The fourth-order valence-corrected chi connectivity index (χ4v) is 2.69. The number of nitrogens with one attached hydrogen (secondary N) is 1. The highest BCUT2D eigenvalue weighted by Crippen LogP contribution is 2.19. The minimum atomic E-state index is -0.615. The molecule has 2 aromatic carbocycles. The van der Waals surface area contributed by atoms with Crippen LogP contribution in [0.5, 0.6) is 0 Å². The quantitative estimate of drug-likeness (QED) is 0.634. The Hall–Kier alpha value is -1.37. The predicted molar refractivity (Wildman–Crippen MR) is 79.0 cm³/mol. The number of nitrogens with two attached hydrogens (primary N) is 1. The van der Waals surface area contributed by atoms with Crippen LogP contribution in [0.15, 0.2) is 40.9 Å². The zero-order valence-corrected chi connectivity index (χ0v) is 12.6. The van der Waals surface area contributed by atoms with Crippen LogP contribution in [0.25, 0.3) is 0 Å². The molecular formula is C15H14BrF3N2.